The molecule has 0 aromatic carbocycles. The number of nitrogens with zero attached hydrogens (tertiary/aromatic N) is 4. The van der Waals surface area contributed by atoms with Gasteiger partial charge in [-0.1, -0.05) is 6.07 Å². The van der Waals surface area contributed by atoms with Crippen LogP contribution in [0.15, 0.2) is 41.3 Å². The molecule has 0 atom stereocenters. The molecular formula is C13H12BrN5O. The summed E-state index contributed by atoms with van der Waals surface area (Å²) >= 11 is 3.42. The van der Waals surface area contributed by atoms with Crippen LogP contribution in [0.3, 0.4) is 0 Å². The minimum atomic E-state index is 0.535. The fourth-order valence-corrected chi connectivity index (χ4v) is 2.19. The second kappa shape index (κ2) is 5.46. The number of aromatic nitrogens is 4. The molecule has 0 aliphatic heterocycles. The maximum atomic E-state index is 5.21. The second-order valence-electron chi connectivity index (χ2n) is 4.13. The topological polar surface area (TPSA) is 64.3 Å². The zero-order valence-electron chi connectivity index (χ0n) is 10.7. The Morgan fingerprint density at radius 3 is 3.05 bits per heavy atom. The second-order valence-corrected chi connectivity index (χ2v) is 4.98. The highest BCUT2D eigenvalue weighted by atomic mass is 79.9. The van der Waals surface area contributed by atoms with Crippen LogP contribution < -0.4 is 10.1 Å². The summed E-state index contributed by atoms with van der Waals surface area (Å²) < 4.78 is 7.76. The number of methoxy groups -OCH3 is 1. The number of halogens is 1. The first-order valence-corrected chi connectivity index (χ1v) is 6.78. The third-order valence-electron chi connectivity index (χ3n) is 2.81. The third kappa shape index (κ3) is 2.44. The van der Waals surface area contributed by atoms with Gasteiger partial charge in [-0.25, -0.2) is 0 Å². The van der Waals surface area contributed by atoms with Gasteiger partial charge in [0.15, 0.2) is 5.65 Å². The van der Waals surface area contributed by atoms with E-state index in [0.29, 0.717) is 18.1 Å². The van der Waals surface area contributed by atoms with Gasteiger partial charge in [0, 0.05) is 25.0 Å². The Bertz CT molecular complexity index is 728. The molecule has 0 fully saturated rings. The van der Waals surface area contributed by atoms with Crippen molar-refractivity contribution in [1.82, 2.24) is 19.6 Å². The summed E-state index contributed by atoms with van der Waals surface area (Å²) in [5.41, 5.74) is 1.79. The van der Waals surface area contributed by atoms with Crippen molar-refractivity contribution in [3.05, 3.63) is 46.8 Å². The largest absolute Gasteiger partial charge is 0.481 e. The summed E-state index contributed by atoms with van der Waals surface area (Å²) in [6.45, 7) is 0.646. The summed E-state index contributed by atoms with van der Waals surface area (Å²) in [6.07, 6.45) is 5.28. The monoisotopic (exact) mass is 333 g/mol. The summed E-state index contributed by atoms with van der Waals surface area (Å²) in [5, 5.41) is 7.59. The zero-order chi connectivity index (χ0) is 13.9. The molecule has 3 aromatic rings. The van der Waals surface area contributed by atoms with E-state index in [2.05, 4.69) is 36.3 Å². The lowest BCUT2D eigenvalue weighted by Gasteiger charge is -2.09. The van der Waals surface area contributed by atoms with Gasteiger partial charge < -0.3 is 10.1 Å². The van der Waals surface area contributed by atoms with E-state index in [-0.39, 0.29) is 0 Å². The Balaban J connectivity index is 1.94. The number of anilines is 1. The number of ether oxygens (including phenoxy) is 1. The van der Waals surface area contributed by atoms with Crippen LogP contribution in [0.5, 0.6) is 5.88 Å². The summed E-state index contributed by atoms with van der Waals surface area (Å²) in [6, 6.07) is 5.72. The van der Waals surface area contributed by atoms with Crippen LogP contribution in [-0.4, -0.2) is 26.7 Å². The smallest absolute Gasteiger partial charge is 0.218 e. The SMILES string of the molecule is COc1cc(NCc2cccnc2)n2ncc(Br)c2n1. The van der Waals surface area contributed by atoms with Gasteiger partial charge in [-0.2, -0.15) is 14.6 Å². The first kappa shape index (κ1) is 12.9. The van der Waals surface area contributed by atoms with E-state index in [1.165, 1.54) is 0 Å². The molecule has 20 heavy (non-hydrogen) atoms. The van der Waals surface area contributed by atoms with Crippen molar-refractivity contribution >= 4 is 27.4 Å². The first-order valence-electron chi connectivity index (χ1n) is 5.99. The molecule has 102 valence electrons. The highest BCUT2D eigenvalue weighted by molar-refractivity contribution is 9.10. The van der Waals surface area contributed by atoms with Gasteiger partial charge in [0.05, 0.1) is 17.8 Å². The van der Waals surface area contributed by atoms with Gasteiger partial charge in [0.1, 0.15) is 5.82 Å². The molecule has 3 aromatic heterocycles. The van der Waals surface area contributed by atoms with E-state index in [1.54, 1.807) is 24.0 Å². The summed E-state index contributed by atoms with van der Waals surface area (Å²) in [7, 11) is 1.59. The molecule has 1 N–H and O–H groups in total. The molecule has 0 saturated carbocycles. The Morgan fingerprint density at radius 1 is 1.40 bits per heavy atom. The van der Waals surface area contributed by atoms with Crippen molar-refractivity contribution in [3.8, 4) is 5.88 Å². The lowest BCUT2D eigenvalue weighted by Crippen LogP contribution is -2.07. The number of fused-ring (bicyclic) bond motifs is 1. The van der Waals surface area contributed by atoms with Crippen LogP contribution in [0.1, 0.15) is 5.56 Å². The van der Waals surface area contributed by atoms with Crippen LogP contribution in [-0.2, 0) is 6.54 Å². The van der Waals surface area contributed by atoms with E-state index in [4.69, 9.17) is 4.74 Å². The van der Waals surface area contributed by atoms with Crippen LogP contribution in [0, 0.1) is 0 Å². The van der Waals surface area contributed by atoms with Gasteiger partial charge in [-0.05, 0) is 27.6 Å². The zero-order valence-corrected chi connectivity index (χ0v) is 12.3. The minimum Gasteiger partial charge on any atom is -0.481 e. The fourth-order valence-electron chi connectivity index (χ4n) is 1.84. The number of rotatable bonds is 4. The van der Waals surface area contributed by atoms with E-state index >= 15 is 0 Å². The van der Waals surface area contributed by atoms with Crippen molar-refractivity contribution < 1.29 is 4.74 Å². The average molecular weight is 334 g/mol. The first-order chi connectivity index (χ1) is 9.78. The van der Waals surface area contributed by atoms with Gasteiger partial charge in [0.25, 0.3) is 0 Å². The molecule has 0 bridgehead atoms. The molecule has 0 radical (unpaired) electrons. The molecule has 0 amide bonds. The molecule has 3 rings (SSSR count). The molecule has 0 saturated heterocycles. The van der Waals surface area contributed by atoms with Gasteiger partial charge in [-0.15, -0.1) is 0 Å². The van der Waals surface area contributed by atoms with E-state index in [1.807, 2.05) is 24.4 Å². The fraction of sp³-hybridized carbons (Fsp3) is 0.154. The van der Waals surface area contributed by atoms with Crippen LogP contribution in [0.4, 0.5) is 5.82 Å². The molecule has 0 aliphatic carbocycles. The number of nitrogens with one attached hydrogen (secondary N) is 1. The Morgan fingerprint density at radius 2 is 2.30 bits per heavy atom. The van der Waals surface area contributed by atoms with Crippen molar-refractivity contribution in [3.63, 3.8) is 0 Å². The van der Waals surface area contributed by atoms with Crippen LogP contribution in [0.2, 0.25) is 0 Å². The quantitative estimate of drug-likeness (QED) is 0.794. The Hall–Kier alpha value is -2.15. The van der Waals surface area contributed by atoms with Gasteiger partial charge in [0.2, 0.25) is 5.88 Å². The molecular weight excluding hydrogens is 322 g/mol. The molecule has 7 heteroatoms. The van der Waals surface area contributed by atoms with Crippen LogP contribution in [0.25, 0.3) is 5.65 Å². The number of hydrogen-bond acceptors (Lipinski definition) is 5. The lowest BCUT2D eigenvalue weighted by molar-refractivity contribution is 0.398. The summed E-state index contributed by atoms with van der Waals surface area (Å²) in [5.74, 6) is 1.34. The predicted octanol–water partition coefficient (Wildman–Crippen LogP) is 2.51. The number of pyridine rings is 1. The van der Waals surface area contributed by atoms with Crippen molar-refractivity contribution in [2.24, 2.45) is 0 Å². The Labute approximate surface area is 123 Å². The molecule has 3 heterocycles. The highest BCUT2D eigenvalue weighted by Gasteiger charge is 2.10. The maximum absolute atomic E-state index is 5.21. The standard InChI is InChI=1S/C13H12BrN5O/c1-20-12-5-11(16-7-9-3-2-4-15-6-9)19-13(18-12)10(14)8-17-19/h2-6,8,16H,7H2,1H3. The molecule has 0 unspecified atom stereocenters. The van der Waals surface area contributed by atoms with Crippen molar-refractivity contribution in [2.45, 2.75) is 6.54 Å². The van der Waals surface area contributed by atoms with E-state index in [9.17, 15) is 0 Å². The van der Waals surface area contributed by atoms with Gasteiger partial charge >= 0.3 is 0 Å². The average Bonchev–Trinajstić information content (AvgIpc) is 2.87. The Kier molecular flexibility index (Phi) is 3.51. The maximum Gasteiger partial charge on any atom is 0.218 e. The van der Waals surface area contributed by atoms with E-state index < -0.39 is 0 Å². The molecule has 0 spiro atoms. The molecule has 0 aliphatic rings. The lowest BCUT2D eigenvalue weighted by atomic mass is 10.3. The number of hydrogen-bond donors (Lipinski definition) is 1. The van der Waals surface area contributed by atoms with E-state index in [0.717, 1.165) is 15.9 Å². The van der Waals surface area contributed by atoms with Crippen LogP contribution >= 0.6 is 15.9 Å². The molecule has 6 nitrogen and oxygen atoms in total. The highest BCUT2D eigenvalue weighted by Crippen LogP contribution is 2.23. The van der Waals surface area contributed by atoms with Crippen molar-refractivity contribution in [2.75, 3.05) is 12.4 Å². The van der Waals surface area contributed by atoms with Crippen molar-refractivity contribution in [1.29, 1.82) is 0 Å². The summed E-state index contributed by atoms with van der Waals surface area (Å²) in [4.78, 5) is 8.44. The predicted molar refractivity (Wildman–Crippen MR) is 78.8 cm³/mol. The van der Waals surface area contributed by atoms with Gasteiger partial charge in [-0.3, -0.25) is 4.98 Å². The third-order valence-corrected chi connectivity index (χ3v) is 3.37. The minimum absolute atomic E-state index is 0.535. The normalized spacial score (nSPS) is 10.7.